The van der Waals surface area contributed by atoms with Crippen molar-refractivity contribution in [1.82, 2.24) is 4.98 Å². The molecule has 0 saturated carbocycles. The Morgan fingerprint density at radius 2 is 1.81 bits per heavy atom. The third-order valence-corrected chi connectivity index (χ3v) is 4.45. The Labute approximate surface area is 157 Å². The number of aromatic nitrogens is 1. The zero-order valence-electron chi connectivity index (χ0n) is 14.6. The summed E-state index contributed by atoms with van der Waals surface area (Å²) in [7, 11) is 4.43. The summed E-state index contributed by atoms with van der Waals surface area (Å²) in [6.45, 7) is 1.75. The summed E-state index contributed by atoms with van der Waals surface area (Å²) < 4.78 is 27.2. The van der Waals surface area contributed by atoms with E-state index in [4.69, 9.17) is 23.4 Å². The van der Waals surface area contributed by atoms with Gasteiger partial charge in [-0.3, -0.25) is 0 Å². The van der Waals surface area contributed by atoms with E-state index in [1.807, 2.05) is 0 Å². The minimum absolute atomic E-state index is 0.232. The number of carbonyl (C=O) groups is 1. The van der Waals surface area contributed by atoms with E-state index in [0.717, 1.165) is 0 Å². The van der Waals surface area contributed by atoms with Gasteiger partial charge in [-0.2, -0.15) is 0 Å². The molecule has 0 unspecified atom stereocenters. The molecular weight excluding hydrogens is 406 g/mol. The highest BCUT2D eigenvalue weighted by atomic mass is 79.9. The van der Waals surface area contributed by atoms with E-state index in [1.54, 1.807) is 25.1 Å². The number of rotatable bonds is 5. The molecule has 0 aliphatic carbocycles. The average Bonchev–Trinajstić information content (AvgIpc) is 3.00. The van der Waals surface area contributed by atoms with Crippen molar-refractivity contribution in [1.29, 1.82) is 0 Å². The molecule has 0 saturated heterocycles. The van der Waals surface area contributed by atoms with Crippen LogP contribution in [0.3, 0.4) is 0 Å². The van der Waals surface area contributed by atoms with Gasteiger partial charge >= 0.3 is 5.97 Å². The number of esters is 1. The van der Waals surface area contributed by atoms with Gasteiger partial charge in [0.15, 0.2) is 23.0 Å². The van der Waals surface area contributed by atoms with Crippen LogP contribution in [0.2, 0.25) is 0 Å². The minimum Gasteiger partial charge on any atom is -0.493 e. The number of halogens is 1. The van der Waals surface area contributed by atoms with Crippen molar-refractivity contribution in [2.75, 3.05) is 21.3 Å². The van der Waals surface area contributed by atoms with Crippen LogP contribution in [0.5, 0.6) is 23.0 Å². The van der Waals surface area contributed by atoms with Crippen LogP contribution >= 0.6 is 15.9 Å². The van der Waals surface area contributed by atoms with Crippen LogP contribution in [0, 0.1) is 6.92 Å². The fourth-order valence-electron chi connectivity index (χ4n) is 2.52. The quantitative estimate of drug-likeness (QED) is 0.452. The van der Waals surface area contributed by atoms with Crippen LogP contribution < -0.4 is 18.9 Å². The second-order valence-corrected chi connectivity index (χ2v) is 6.05. The fraction of sp³-hybridized carbons (Fsp3) is 0.222. The van der Waals surface area contributed by atoms with Crippen molar-refractivity contribution in [2.24, 2.45) is 0 Å². The first-order valence-electron chi connectivity index (χ1n) is 7.56. The van der Waals surface area contributed by atoms with E-state index in [9.17, 15) is 4.79 Å². The monoisotopic (exact) mass is 421 g/mol. The van der Waals surface area contributed by atoms with Crippen LogP contribution in [0.1, 0.15) is 16.2 Å². The molecule has 1 aromatic heterocycles. The number of aryl methyl sites for hydroxylation is 1. The Hall–Kier alpha value is -2.74. The zero-order chi connectivity index (χ0) is 18.8. The van der Waals surface area contributed by atoms with Gasteiger partial charge in [-0.15, -0.1) is 0 Å². The molecule has 0 aliphatic heterocycles. The second-order valence-electron chi connectivity index (χ2n) is 5.26. The van der Waals surface area contributed by atoms with Gasteiger partial charge in [0, 0.05) is 13.0 Å². The number of fused-ring (bicyclic) bond motifs is 1. The lowest BCUT2D eigenvalue weighted by atomic mass is 10.2. The normalized spacial score (nSPS) is 10.7. The molecule has 26 heavy (non-hydrogen) atoms. The van der Waals surface area contributed by atoms with Gasteiger partial charge < -0.3 is 23.4 Å². The predicted molar refractivity (Wildman–Crippen MR) is 97.5 cm³/mol. The molecule has 0 spiro atoms. The Balaban J connectivity index is 1.98. The molecule has 136 valence electrons. The number of methoxy groups -OCH3 is 3. The lowest BCUT2D eigenvalue weighted by Gasteiger charge is -2.16. The van der Waals surface area contributed by atoms with Crippen molar-refractivity contribution in [3.05, 3.63) is 40.2 Å². The second kappa shape index (κ2) is 7.25. The predicted octanol–water partition coefficient (Wildman–Crippen LogP) is 4.14. The molecular formula is C18H16BrNO6. The number of nitrogens with zero attached hydrogens (tertiary/aromatic N) is 1. The number of hydrogen-bond donors (Lipinski definition) is 0. The first kappa shape index (κ1) is 18.1. The molecule has 0 aliphatic rings. The Morgan fingerprint density at radius 1 is 1.08 bits per heavy atom. The van der Waals surface area contributed by atoms with Gasteiger partial charge in [-0.1, -0.05) is 0 Å². The van der Waals surface area contributed by atoms with E-state index in [0.29, 0.717) is 44.5 Å². The van der Waals surface area contributed by atoms with Crippen molar-refractivity contribution in [3.63, 3.8) is 0 Å². The summed E-state index contributed by atoms with van der Waals surface area (Å²) in [5, 5.41) is 0. The summed E-state index contributed by atoms with van der Waals surface area (Å²) in [6, 6.07) is 6.49. The third kappa shape index (κ3) is 3.20. The number of hydrogen-bond acceptors (Lipinski definition) is 7. The van der Waals surface area contributed by atoms with Crippen molar-refractivity contribution >= 4 is 33.0 Å². The van der Waals surface area contributed by atoms with Crippen LogP contribution in [0.25, 0.3) is 11.1 Å². The maximum Gasteiger partial charge on any atom is 0.344 e. The first-order chi connectivity index (χ1) is 12.5. The highest BCUT2D eigenvalue weighted by Gasteiger charge is 2.24. The lowest BCUT2D eigenvalue weighted by molar-refractivity contribution is 0.0733. The van der Waals surface area contributed by atoms with Gasteiger partial charge in [-0.05, 0) is 34.1 Å². The molecule has 2 aromatic carbocycles. The van der Waals surface area contributed by atoms with Crippen LogP contribution in [-0.2, 0) is 0 Å². The largest absolute Gasteiger partial charge is 0.493 e. The molecule has 3 rings (SSSR count). The molecule has 0 amide bonds. The highest BCUT2D eigenvalue weighted by molar-refractivity contribution is 9.10. The molecule has 0 atom stereocenters. The van der Waals surface area contributed by atoms with Crippen molar-refractivity contribution in [2.45, 2.75) is 6.92 Å². The number of carbonyl (C=O) groups excluding carboxylic acids is 1. The SMILES string of the molecule is COc1cc(C(=O)Oc2ccc3oc(C)nc3c2)c(Br)c(OC)c1OC. The van der Waals surface area contributed by atoms with E-state index in [1.165, 1.54) is 27.4 Å². The summed E-state index contributed by atoms with van der Waals surface area (Å²) in [5.74, 6) is 1.35. The van der Waals surface area contributed by atoms with Crippen LogP contribution in [0.4, 0.5) is 0 Å². The molecule has 1 heterocycles. The number of oxazole rings is 1. The van der Waals surface area contributed by atoms with Gasteiger partial charge in [0.05, 0.1) is 31.4 Å². The van der Waals surface area contributed by atoms with Crippen LogP contribution in [-0.4, -0.2) is 32.3 Å². The average molecular weight is 422 g/mol. The topological polar surface area (TPSA) is 80.0 Å². The third-order valence-electron chi connectivity index (χ3n) is 3.67. The van der Waals surface area contributed by atoms with E-state index < -0.39 is 5.97 Å². The molecule has 0 fully saturated rings. The van der Waals surface area contributed by atoms with Crippen molar-refractivity contribution < 1.29 is 28.2 Å². The minimum atomic E-state index is -0.587. The molecule has 0 radical (unpaired) electrons. The number of benzene rings is 2. The molecule has 3 aromatic rings. The molecule has 0 N–H and O–H groups in total. The molecule has 0 bridgehead atoms. The summed E-state index contributed by atoms with van der Waals surface area (Å²) in [6.07, 6.45) is 0. The van der Waals surface area contributed by atoms with Gasteiger partial charge in [0.25, 0.3) is 0 Å². The maximum absolute atomic E-state index is 12.7. The van der Waals surface area contributed by atoms with Crippen molar-refractivity contribution in [3.8, 4) is 23.0 Å². The van der Waals surface area contributed by atoms with Gasteiger partial charge in [0.1, 0.15) is 11.3 Å². The van der Waals surface area contributed by atoms with Gasteiger partial charge in [0.2, 0.25) is 5.75 Å². The lowest BCUT2D eigenvalue weighted by Crippen LogP contribution is -2.11. The fourth-order valence-corrected chi connectivity index (χ4v) is 3.14. The van der Waals surface area contributed by atoms with Gasteiger partial charge in [-0.25, -0.2) is 9.78 Å². The van der Waals surface area contributed by atoms with E-state index >= 15 is 0 Å². The smallest absolute Gasteiger partial charge is 0.344 e. The van der Waals surface area contributed by atoms with E-state index in [-0.39, 0.29) is 5.56 Å². The molecule has 7 nitrogen and oxygen atoms in total. The first-order valence-corrected chi connectivity index (χ1v) is 8.35. The zero-order valence-corrected chi connectivity index (χ0v) is 16.2. The Morgan fingerprint density at radius 3 is 2.46 bits per heavy atom. The maximum atomic E-state index is 12.7. The summed E-state index contributed by atoms with van der Waals surface area (Å²) in [4.78, 5) is 16.9. The number of ether oxygens (including phenoxy) is 4. The Bertz CT molecular complexity index is 981. The summed E-state index contributed by atoms with van der Waals surface area (Å²) in [5.41, 5.74) is 1.46. The highest BCUT2D eigenvalue weighted by Crippen LogP contribution is 2.45. The Kier molecular flexibility index (Phi) is 5.03. The van der Waals surface area contributed by atoms with Crippen LogP contribution in [0.15, 0.2) is 33.2 Å². The van der Waals surface area contributed by atoms with E-state index in [2.05, 4.69) is 20.9 Å². The summed E-state index contributed by atoms with van der Waals surface area (Å²) >= 11 is 3.36. The standard InChI is InChI=1S/C18H16BrNO6/c1-9-20-12-7-10(5-6-13(12)25-9)26-18(21)11-8-14(22-2)16(23-3)17(24-4)15(11)19/h5-8H,1-4H3. The molecule has 8 heteroatoms.